The van der Waals surface area contributed by atoms with Crippen LogP contribution in [0.15, 0.2) is 66.7 Å². The number of rotatable bonds is 4. The highest BCUT2D eigenvalue weighted by molar-refractivity contribution is 5.93. The first-order chi connectivity index (χ1) is 12.3. The van der Waals surface area contributed by atoms with E-state index in [1.807, 2.05) is 30.3 Å². The van der Waals surface area contributed by atoms with Gasteiger partial charge in [0.15, 0.2) is 0 Å². The van der Waals surface area contributed by atoms with Gasteiger partial charge in [-0.15, -0.1) is 0 Å². The molecule has 1 aliphatic rings. The third-order valence-electron chi connectivity index (χ3n) is 4.80. The van der Waals surface area contributed by atoms with Gasteiger partial charge in [-0.05, 0) is 53.4 Å². The van der Waals surface area contributed by atoms with Gasteiger partial charge in [0, 0.05) is 24.5 Å². The number of fused-ring (bicyclic) bond motifs is 1. The van der Waals surface area contributed by atoms with Crippen LogP contribution in [0.5, 0.6) is 0 Å². The van der Waals surface area contributed by atoms with E-state index >= 15 is 0 Å². The zero-order chi connectivity index (χ0) is 17.1. The molecule has 3 nitrogen and oxygen atoms in total. The Bertz CT molecular complexity index is 880. The normalized spacial score (nSPS) is 14.0. The van der Waals surface area contributed by atoms with Crippen LogP contribution in [-0.4, -0.2) is 19.0 Å². The van der Waals surface area contributed by atoms with Gasteiger partial charge in [-0.2, -0.15) is 0 Å². The lowest BCUT2D eigenvalue weighted by molar-refractivity contribution is -0.115. The Balaban J connectivity index is 1.40. The highest BCUT2D eigenvalue weighted by Gasteiger charge is 2.12. The second kappa shape index (κ2) is 6.98. The summed E-state index contributed by atoms with van der Waals surface area (Å²) in [6.07, 6.45) is 2.92. The Kier molecular flexibility index (Phi) is 4.38. The summed E-state index contributed by atoms with van der Waals surface area (Å²) in [6, 6.07) is 22.6. The Morgan fingerprint density at radius 2 is 1.60 bits per heavy atom. The van der Waals surface area contributed by atoms with Crippen LogP contribution in [-0.2, 0) is 11.2 Å². The molecule has 1 aliphatic heterocycles. The van der Waals surface area contributed by atoms with Crippen molar-refractivity contribution in [2.75, 3.05) is 23.3 Å². The van der Waals surface area contributed by atoms with Crippen molar-refractivity contribution in [1.29, 1.82) is 0 Å². The molecule has 1 heterocycles. The summed E-state index contributed by atoms with van der Waals surface area (Å²) in [7, 11) is 0. The fraction of sp³-hybridized carbons (Fsp3) is 0.227. The molecule has 0 bridgehead atoms. The van der Waals surface area contributed by atoms with Gasteiger partial charge in [0.1, 0.15) is 0 Å². The second-order valence-electron chi connectivity index (χ2n) is 6.65. The van der Waals surface area contributed by atoms with Crippen LogP contribution in [0, 0.1) is 0 Å². The van der Waals surface area contributed by atoms with Crippen molar-refractivity contribution in [2.45, 2.75) is 19.3 Å². The van der Waals surface area contributed by atoms with E-state index in [-0.39, 0.29) is 5.91 Å². The van der Waals surface area contributed by atoms with Crippen molar-refractivity contribution in [3.8, 4) is 0 Å². The smallest absolute Gasteiger partial charge is 0.228 e. The molecule has 4 rings (SSSR count). The SMILES string of the molecule is O=C(Cc1ccc2ccccc2c1)Nc1ccc(N2CCCC2)cc1. The van der Waals surface area contributed by atoms with Gasteiger partial charge >= 0.3 is 0 Å². The van der Waals surface area contributed by atoms with Crippen LogP contribution < -0.4 is 10.2 Å². The predicted molar refractivity (Wildman–Crippen MR) is 104 cm³/mol. The van der Waals surface area contributed by atoms with Crippen LogP contribution in [0.2, 0.25) is 0 Å². The Hall–Kier alpha value is -2.81. The number of amides is 1. The first-order valence-electron chi connectivity index (χ1n) is 8.90. The summed E-state index contributed by atoms with van der Waals surface area (Å²) in [5.74, 6) is 0.0178. The van der Waals surface area contributed by atoms with E-state index in [1.165, 1.54) is 29.3 Å². The molecule has 1 amide bonds. The van der Waals surface area contributed by atoms with E-state index in [0.717, 1.165) is 24.3 Å². The quantitative estimate of drug-likeness (QED) is 0.757. The molecule has 0 spiro atoms. The van der Waals surface area contributed by atoms with Crippen molar-refractivity contribution < 1.29 is 4.79 Å². The summed E-state index contributed by atoms with van der Waals surface area (Å²) in [4.78, 5) is 14.7. The molecule has 0 radical (unpaired) electrons. The zero-order valence-electron chi connectivity index (χ0n) is 14.2. The molecule has 0 unspecified atom stereocenters. The molecule has 3 aromatic carbocycles. The molecule has 0 aromatic heterocycles. The Morgan fingerprint density at radius 3 is 2.36 bits per heavy atom. The van der Waals surface area contributed by atoms with Gasteiger partial charge < -0.3 is 10.2 Å². The monoisotopic (exact) mass is 330 g/mol. The summed E-state index contributed by atoms with van der Waals surface area (Å²) in [5.41, 5.74) is 3.13. The summed E-state index contributed by atoms with van der Waals surface area (Å²) >= 11 is 0. The standard InChI is InChI=1S/C22H22N2O/c25-22(16-17-7-8-18-5-1-2-6-19(18)15-17)23-20-9-11-21(12-10-20)24-13-3-4-14-24/h1-2,5-12,15H,3-4,13-14,16H2,(H,23,25). The number of carbonyl (C=O) groups is 1. The van der Waals surface area contributed by atoms with Crippen LogP contribution in [0.1, 0.15) is 18.4 Å². The van der Waals surface area contributed by atoms with Crippen LogP contribution in [0.4, 0.5) is 11.4 Å². The van der Waals surface area contributed by atoms with E-state index in [4.69, 9.17) is 0 Å². The van der Waals surface area contributed by atoms with Gasteiger partial charge in [-0.25, -0.2) is 0 Å². The first kappa shape index (κ1) is 15.7. The molecule has 25 heavy (non-hydrogen) atoms. The third-order valence-corrected chi connectivity index (χ3v) is 4.80. The molecule has 126 valence electrons. The largest absolute Gasteiger partial charge is 0.372 e. The maximum absolute atomic E-state index is 12.3. The Labute approximate surface area is 148 Å². The molecule has 0 atom stereocenters. The van der Waals surface area contributed by atoms with E-state index < -0.39 is 0 Å². The molecular formula is C22H22N2O. The maximum Gasteiger partial charge on any atom is 0.228 e. The highest BCUT2D eigenvalue weighted by atomic mass is 16.1. The minimum atomic E-state index is 0.0178. The topological polar surface area (TPSA) is 32.3 Å². The van der Waals surface area contributed by atoms with Crippen molar-refractivity contribution >= 4 is 28.1 Å². The maximum atomic E-state index is 12.3. The highest BCUT2D eigenvalue weighted by Crippen LogP contribution is 2.22. The Morgan fingerprint density at radius 1 is 0.880 bits per heavy atom. The number of hydrogen-bond acceptors (Lipinski definition) is 2. The van der Waals surface area contributed by atoms with Gasteiger partial charge in [0.05, 0.1) is 6.42 Å². The number of anilines is 2. The minimum Gasteiger partial charge on any atom is -0.372 e. The molecule has 0 aliphatic carbocycles. The third kappa shape index (κ3) is 3.66. The number of nitrogens with zero attached hydrogens (tertiary/aromatic N) is 1. The predicted octanol–water partition coefficient (Wildman–Crippen LogP) is 4.62. The number of benzene rings is 3. The number of nitrogens with one attached hydrogen (secondary N) is 1. The zero-order valence-corrected chi connectivity index (χ0v) is 14.2. The lowest BCUT2D eigenvalue weighted by atomic mass is 10.0. The van der Waals surface area contributed by atoms with Crippen molar-refractivity contribution in [2.24, 2.45) is 0 Å². The molecular weight excluding hydrogens is 308 g/mol. The minimum absolute atomic E-state index is 0.0178. The molecule has 1 fully saturated rings. The van der Waals surface area contributed by atoms with Gasteiger partial charge in [0.2, 0.25) is 5.91 Å². The fourth-order valence-electron chi connectivity index (χ4n) is 3.47. The van der Waals surface area contributed by atoms with Crippen molar-refractivity contribution in [3.63, 3.8) is 0 Å². The van der Waals surface area contributed by atoms with Gasteiger partial charge in [-0.3, -0.25) is 4.79 Å². The van der Waals surface area contributed by atoms with Crippen LogP contribution >= 0.6 is 0 Å². The molecule has 1 N–H and O–H groups in total. The summed E-state index contributed by atoms with van der Waals surface area (Å²) in [5, 5.41) is 5.37. The number of carbonyl (C=O) groups excluding carboxylic acids is 1. The average Bonchev–Trinajstić information content (AvgIpc) is 3.17. The lowest BCUT2D eigenvalue weighted by Gasteiger charge is -2.17. The van der Waals surface area contributed by atoms with E-state index in [2.05, 4.69) is 46.6 Å². The van der Waals surface area contributed by atoms with Gasteiger partial charge in [-0.1, -0.05) is 42.5 Å². The lowest BCUT2D eigenvalue weighted by Crippen LogP contribution is -2.18. The van der Waals surface area contributed by atoms with E-state index in [0.29, 0.717) is 6.42 Å². The molecule has 3 heteroatoms. The summed E-state index contributed by atoms with van der Waals surface area (Å²) < 4.78 is 0. The van der Waals surface area contributed by atoms with E-state index in [1.54, 1.807) is 0 Å². The molecule has 1 saturated heterocycles. The fourth-order valence-corrected chi connectivity index (χ4v) is 3.47. The average molecular weight is 330 g/mol. The van der Waals surface area contributed by atoms with E-state index in [9.17, 15) is 4.79 Å². The van der Waals surface area contributed by atoms with Crippen LogP contribution in [0.25, 0.3) is 10.8 Å². The van der Waals surface area contributed by atoms with Gasteiger partial charge in [0.25, 0.3) is 0 Å². The second-order valence-corrected chi connectivity index (χ2v) is 6.65. The molecule has 3 aromatic rings. The number of hydrogen-bond donors (Lipinski definition) is 1. The van der Waals surface area contributed by atoms with Crippen molar-refractivity contribution in [3.05, 3.63) is 72.3 Å². The van der Waals surface area contributed by atoms with Crippen LogP contribution in [0.3, 0.4) is 0 Å². The van der Waals surface area contributed by atoms with Crippen molar-refractivity contribution in [1.82, 2.24) is 0 Å². The first-order valence-corrected chi connectivity index (χ1v) is 8.90. The molecule has 0 saturated carbocycles. The summed E-state index contributed by atoms with van der Waals surface area (Å²) in [6.45, 7) is 2.27.